The molecule has 96 valence electrons. The van der Waals surface area contributed by atoms with Gasteiger partial charge in [-0.25, -0.2) is 4.98 Å². The zero-order chi connectivity index (χ0) is 13.1. The van der Waals surface area contributed by atoms with E-state index in [1.807, 2.05) is 20.8 Å². The van der Waals surface area contributed by atoms with Crippen molar-refractivity contribution in [3.05, 3.63) is 41.3 Å². The van der Waals surface area contributed by atoms with Crippen LogP contribution in [-0.2, 0) is 13.1 Å². The molecule has 0 saturated carbocycles. The summed E-state index contributed by atoms with van der Waals surface area (Å²) < 4.78 is 0. The molecular formula is C15H21N3. The Labute approximate surface area is 109 Å². The van der Waals surface area contributed by atoms with Crippen molar-refractivity contribution in [2.75, 3.05) is 7.05 Å². The van der Waals surface area contributed by atoms with E-state index in [0.29, 0.717) is 0 Å². The standard InChI is InChI=1S/C13H15N3.C2H6/c1-9-14-12-8-16(2)7-10-5-3-4-6-11(10)13(12)15-9;1-2/h3-6H,7-8H2,1-2H3,(H,14,15);1-2H3. The van der Waals surface area contributed by atoms with Gasteiger partial charge in [0.2, 0.25) is 0 Å². The van der Waals surface area contributed by atoms with Gasteiger partial charge in [0.05, 0.1) is 11.4 Å². The summed E-state index contributed by atoms with van der Waals surface area (Å²) in [4.78, 5) is 10.3. The smallest absolute Gasteiger partial charge is 0.103 e. The van der Waals surface area contributed by atoms with Crippen LogP contribution >= 0.6 is 0 Å². The fourth-order valence-electron chi connectivity index (χ4n) is 2.38. The molecule has 1 aromatic carbocycles. The van der Waals surface area contributed by atoms with Crippen LogP contribution in [0.1, 0.15) is 30.9 Å². The largest absolute Gasteiger partial charge is 0.345 e. The number of aromatic nitrogens is 2. The Balaban J connectivity index is 0.000000574. The first-order chi connectivity index (χ1) is 8.74. The van der Waals surface area contributed by atoms with Gasteiger partial charge in [0, 0.05) is 18.7 Å². The van der Waals surface area contributed by atoms with Crippen LogP contribution in [0.5, 0.6) is 0 Å². The van der Waals surface area contributed by atoms with Crippen molar-refractivity contribution in [1.82, 2.24) is 14.9 Å². The third kappa shape index (κ3) is 2.31. The highest BCUT2D eigenvalue weighted by Crippen LogP contribution is 2.30. The molecule has 0 radical (unpaired) electrons. The molecule has 0 saturated heterocycles. The molecule has 0 atom stereocenters. The molecule has 1 aliphatic rings. The van der Waals surface area contributed by atoms with E-state index in [-0.39, 0.29) is 0 Å². The second kappa shape index (κ2) is 5.36. The molecule has 3 heteroatoms. The van der Waals surface area contributed by atoms with Crippen LogP contribution in [0.25, 0.3) is 11.3 Å². The maximum Gasteiger partial charge on any atom is 0.103 e. The van der Waals surface area contributed by atoms with E-state index in [0.717, 1.165) is 24.6 Å². The predicted molar refractivity (Wildman–Crippen MR) is 75.3 cm³/mol. The number of aromatic amines is 1. The lowest BCUT2D eigenvalue weighted by atomic mass is 10.0. The lowest BCUT2D eigenvalue weighted by Crippen LogP contribution is -2.15. The molecule has 18 heavy (non-hydrogen) atoms. The summed E-state index contributed by atoms with van der Waals surface area (Å²) in [5, 5.41) is 0. The van der Waals surface area contributed by atoms with Crippen molar-refractivity contribution < 1.29 is 0 Å². The Morgan fingerprint density at radius 3 is 2.67 bits per heavy atom. The molecule has 1 aromatic heterocycles. The van der Waals surface area contributed by atoms with Gasteiger partial charge in [0.1, 0.15) is 5.82 Å². The number of imidazole rings is 1. The lowest BCUT2D eigenvalue weighted by molar-refractivity contribution is 0.319. The van der Waals surface area contributed by atoms with Crippen LogP contribution in [0.2, 0.25) is 0 Å². The van der Waals surface area contributed by atoms with E-state index in [1.54, 1.807) is 0 Å². The molecule has 3 rings (SSSR count). The summed E-state index contributed by atoms with van der Waals surface area (Å²) >= 11 is 0. The van der Waals surface area contributed by atoms with Gasteiger partial charge in [0.15, 0.2) is 0 Å². The van der Waals surface area contributed by atoms with E-state index in [9.17, 15) is 0 Å². The predicted octanol–water partition coefficient (Wildman–Crippen LogP) is 3.36. The summed E-state index contributed by atoms with van der Waals surface area (Å²) in [5.41, 5.74) is 4.98. The van der Waals surface area contributed by atoms with Gasteiger partial charge in [-0.2, -0.15) is 0 Å². The summed E-state index contributed by atoms with van der Waals surface area (Å²) in [7, 11) is 2.14. The van der Waals surface area contributed by atoms with Crippen LogP contribution in [0.4, 0.5) is 0 Å². The van der Waals surface area contributed by atoms with Crippen molar-refractivity contribution in [2.24, 2.45) is 0 Å². The van der Waals surface area contributed by atoms with E-state index in [4.69, 9.17) is 0 Å². The number of nitrogens with one attached hydrogen (secondary N) is 1. The molecule has 0 amide bonds. The van der Waals surface area contributed by atoms with Crippen molar-refractivity contribution in [1.29, 1.82) is 0 Å². The number of benzene rings is 1. The molecule has 3 nitrogen and oxygen atoms in total. The molecule has 2 heterocycles. The van der Waals surface area contributed by atoms with Crippen molar-refractivity contribution in [2.45, 2.75) is 33.9 Å². The first-order valence-electron chi connectivity index (χ1n) is 6.56. The minimum atomic E-state index is 0.935. The zero-order valence-electron chi connectivity index (χ0n) is 11.6. The summed E-state index contributed by atoms with van der Waals surface area (Å²) in [6.45, 7) is 7.93. The van der Waals surface area contributed by atoms with E-state index in [1.165, 1.54) is 16.8 Å². The third-order valence-corrected chi connectivity index (χ3v) is 3.04. The highest BCUT2D eigenvalue weighted by molar-refractivity contribution is 5.67. The lowest BCUT2D eigenvalue weighted by Gasteiger charge is -2.13. The number of hydrogen-bond donors (Lipinski definition) is 1. The number of rotatable bonds is 0. The molecule has 0 fully saturated rings. The van der Waals surface area contributed by atoms with Crippen LogP contribution in [-0.4, -0.2) is 21.9 Å². The normalized spacial score (nSPS) is 14.0. The fraction of sp³-hybridized carbons (Fsp3) is 0.400. The summed E-state index contributed by atoms with van der Waals surface area (Å²) in [6, 6.07) is 8.52. The van der Waals surface area contributed by atoms with Crippen LogP contribution < -0.4 is 0 Å². The van der Waals surface area contributed by atoms with Gasteiger partial charge in [-0.1, -0.05) is 38.1 Å². The molecule has 1 aliphatic heterocycles. The van der Waals surface area contributed by atoms with Gasteiger partial charge < -0.3 is 4.98 Å². The first-order valence-corrected chi connectivity index (χ1v) is 6.56. The quantitative estimate of drug-likeness (QED) is 0.769. The molecule has 0 aliphatic carbocycles. The van der Waals surface area contributed by atoms with E-state index < -0.39 is 0 Å². The van der Waals surface area contributed by atoms with Crippen LogP contribution in [0, 0.1) is 6.92 Å². The molecule has 2 aromatic rings. The van der Waals surface area contributed by atoms with Gasteiger partial charge in [-0.3, -0.25) is 4.90 Å². The second-order valence-corrected chi connectivity index (χ2v) is 4.48. The minimum Gasteiger partial charge on any atom is -0.345 e. The number of nitrogens with zero attached hydrogens (tertiary/aromatic N) is 2. The highest BCUT2D eigenvalue weighted by Gasteiger charge is 2.19. The summed E-state index contributed by atoms with van der Waals surface area (Å²) in [5.74, 6) is 0.995. The number of H-pyrrole nitrogens is 1. The first kappa shape index (κ1) is 12.8. The molecule has 0 bridgehead atoms. The Morgan fingerprint density at radius 1 is 1.17 bits per heavy atom. The monoisotopic (exact) mass is 243 g/mol. The Kier molecular flexibility index (Phi) is 3.82. The third-order valence-electron chi connectivity index (χ3n) is 3.04. The van der Waals surface area contributed by atoms with Crippen molar-refractivity contribution in [3.8, 4) is 11.3 Å². The van der Waals surface area contributed by atoms with Gasteiger partial charge in [-0.15, -0.1) is 0 Å². The highest BCUT2D eigenvalue weighted by atomic mass is 15.1. The molecule has 0 spiro atoms. The van der Waals surface area contributed by atoms with E-state index in [2.05, 4.69) is 46.2 Å². The second-order valence-electron chi connectivity index (χ2n) is 4.48. The van der Waals surface area contributed by atoms with Gasteiger partial charge in [0.25, 0.3) is 0 Å². The van der Waals surface area contributed by atoms with Crippen molar-refractivity contribution in [3.63, 3.8) is 0 Å². The summed E-state index contributed by atoms with van der Waals surface area (Å²) in [6.07, 6.45) is 0. The number of aryl methyl sites for hydroxylation is 1. The maximum absolute atomic E-state index is 4.60. The average Bonchev–Trinajstić information content (AvgIpc) is 2.67. The van der Waals surface area contributed by atoms with Crippen LogP contribution in [0.15, 0.2) is 24.3 Å². The Hall–Kier alpha value is -1.61. The molecule has 1 N–H and O–H groups in total. The Bertz CT molecular complexity index is 528. The zero-order valence-corrected chi connectivity index (χ0v) is 11.6. The van der Waals surface area contributed by atoms with E-state index >= 15 is 0 Å². The number of fused-ring (bicyclic) bond motifs is 3. The van der Waals surface area contributed by atoms with Gasteiger partial charge in [-0.05, 0) is 19.5 Å². The molecule has 0 unspecified atom stereocenters. The Morgan fingerprint density at radius 2 is 1.89 bits per heavy atom. The number of hydrogen-bond acceptors (Lipinski definition) is 2. The topological polar surface area (TPSA) is 31.9 Å². The van der Waals surface area contributed by atoms with Crippen LogP contribution in [0.3, 0.4) is 0 Å². The van der Waals surface area contributed by atoms with Gasteiger partial charge >= 0.3 is 0 Å². The van der Waals surface area contributed by atoms with Crippen molar-refractivity contribution >= 4 is 0 Å². The fourth-order valence-corrected chi connectivity index (χ4v) is 2.38. The minimum absolute atomic E-state index is 0.935. The SMILES string of the molecule is CC.Cc1nc2c([nH]1)CN(C)Cc1ccccc1-2. The maximum atomic E-state index is 4.60. The molecular weight excluding hydrogens is 222 g/mol. The average molecular weight is 243 g/mol.